The number of nitrogens with zero attached hydrogens (tertiary/aromatic N) is 2. The summed E-state index contributed by atoms with van der Waals surface area (Å²) >= 11 is 1.37. The van der Waals surface area contributed by atoms with E-state index in [1.807, 2.05) is 4.90 Å². The van der Waals surface area contributed by atoms with Crippen LogP contribution < -0.4 is 11.1 Å². The van der Waals surface area contributed by atoms with E-state index >= 15 is 0 Å². The van der Waals surface area contributed by atoms with Gasteiger partial charge in [-0.05, 0) is 25.7 Å². The van der Waals surface area contributed by atoms with Crippen molar-refractivity contribution in [2.24, 2.45) is 0 Å². The average Bonchev–Trinajstić information content (AvgIpc) is 2.83. The monoisotopic (exact) mass is 310 g/mol. The second-order valence-corrected chi connectivity index (χ2v) is 6.66. The van der Waals surface area contributed by atoms with Gasteiger partial charge in [-0.3, -0.25) is 4.79 Å². The van der Waals surface area contributed by atoms with E-state index in [9.17, 15) is 4.79 Å². The molecule has 1 saturated carbocycles. The first-order valence-electron chi connectivity index (χ1n) is 7.61. The summed E-state index contributed by atoms with van der Waals surface area (Å²) in [7, 11) is 0. The van der Waals surface area contributed by atoms with E-state index < -0.39 is 0 Å². The Morgan fingerprint density at radius 2 is 2.38 bits per heavy atom. The van der Waals surface area contributed by atoms with E-state index in [-0.39, 0.29) is 12.0 Å². The number of aromatic nitrogens is 1. The van der Waals surface area contributed by atoms with Crippen LogP contribution in [-0.2, 0) is 4.74 Å². The number of rotatable bonds is 4. The summed E-state index contributed by atoms with van der Waals surface area (Å²) < 4.78 is 5.60. The predicted molar refractivity (Wildman–Crippen MR) is 83.7 cm³/mol. The maximum absolute atomic E-state index is 12.6. The summed E-state index contributed by atoms with van der Waals surface area (Å²) in [5.41, 5.74) is 5.93. The Balaban J connectivity index is 1.68. The van der Waals surface area contributed by atoms with E-state index in [1.165, 1.54) is 30.6 Å². The lowest BCUT2D eigenvalue weighted by Gasteiger charge is -2.32. The number of nitrogens with two attached hydrogens (primary N) is 1. The van der Waals surface area contributed by atoms with Crippen LogP contribution in [0.4, 0.5) is 10.9 Å². The van der Waals surface area contributed by atoms with Crippen LogP contribution >= 0.6 is 11.3 Å². The predicted octanol–water partition coefficient (Wildman–Crippen LogP) is 1.94. The molecule has 21 heavy (non-hydrogen) atoms. The Morgan fingerprint density at radius 1 is 1.57 bits per heavy atom. The number of thiazole rings is 1. The van der Waals surface area contributed by atoms with Crippen LogP contribution in [0.5, 0.6) is 0 Å². The van der Waals surface area contributed by atoms with E-state index in [2.05, 4.69) is 17.2 Å². The third-order valence-electron chi connectivity index (χ3n) is 4.16. The van der Waals surface area contributed by atoms with Crippen molar-refractivity contribution < 1.29 is 9.53 Å². The van der Waals surface area contributed by atoms with Gasteiger partial charge in [0, 0.05) is 19.1 Å². The summed E-state index contributed by atoms with van der Waals surface area (Å²) in [6.07, 6.45) is 4.64. The van der Waals surface area contributed by atoms with Gasteiger partial charge in [-0.25, -0.2) is 4.98 Å². The van der Waals surface area contributed by atoms with Crippen molar-refractivity contribution in [3.8, 4) is 0 Å². The molecule has 1 saturated heterocycles. The van der Waals surface area contributed by atoms with Gasteiger partial charge in [-0.2, -0.15) is 0 Å². The number of nitrogen functional groups attached to an aromatic ring is 1. The number of carbonyl (C=O) groups is 1. The highest BCUT2D eigenvalue weighted by Crippen LogP contribution is 2.30. The molecular formula is C14H22N4O2S. The SMILES string of the molecule is CCC1CN(C(=O)c2sc(NC3CCC3)nc2N)CCO1. The van der Waals surface area contributed by atoms with Gasteiger partial charge in [-0.15, -0.1) is 0 Å². The molecule has 3 rings (SSSR count). The van der Waals surface area contributed by atoms with Gasteiger partial charge in [0.1, 0.15) is 10.7 Å². The fourth-order valence-corrected chi connectivity index (χ4v) is 3.50. The third-order valence-corrected chi connectivity index (χ3v) is 5.15. The molecule has 3 N–H and O–H groups in total. The van der Waals surface area contributed by atoms with Crippen LogP contribution in [0.2, 0.25) is 0 Å². The molecule has 1 aromatic heterocycles. The smallest absolute Gasteiger partial charge is 0.268 e. The van der Waals surface area contributed by atoms with Crippen molar-refractivity contribution in [2.45, 2.75) is 44.8 Å². The molecule has 116 valence electrons. The average molecular weight is 310 g/mol. The zero-order chi connectivity index (χ0) is 14.8. The topological polar surface area (TPSA) is 80.5 Å². The lowest BCUT2D eigenvalue weighted by molar-refractivity contribution is -0.0224. The fraction of sp³-hybridized carbons (Fsp3) is 0.714. The van der Waals surface area contributed by atoms with Crippen LogP contribution in [0.25, 0.3) is 0 Å². The Hall–Kier alpha value is -1.34. The molecule has 1 amide bonds. The quantitative estimate of drug-likeness (QED) is 0.888. The third kappa shape index (κ3) is 3.13. The number of anilines is 2. The molecule has 2 fully saturated rings. The van der Waals surface area contributed by atoms with Crippen molar-refractivity contribution in [2.75, 3.05) is 30.7 Å². The van der Waals surface area contributed by atoms with Gasteiger partial charge in [-0.1, -0.05) is 18.3 Å². The van der Waals surface area contributed by atoms with Crippen LogP contribution in [0, 0.1) is 0 Å². The van der Waals surface area contributed by atoms with Gasteiger partial charge in [0.25, 0.3) is 5.91 Å². The summed E-state index contributed by atoms with van der Waals surface area (Å²) in [6, 6.07) is 0.492. The van der Waals surface area contributed by atoms with Gasteiger partial charge < -0.3 is 20.7 Å². The zero-order valence-electron chi connectivity index (χ0n) is 12.3. The van der Waals surface area contributed by atoms with Gasteiger partial charge >= 0.3 is 0 Å². The highest BCUT2D eigenvalue weighted by atomic mass is 32.1. The van der Waals surface area contributed by atoms with Crippen molar-refractivity contribution in [1.29, 1.82) is 0 Å². The molecule has 1 aliphatic carbocycles. The second kappa shape index (κ2) is 6.19. The van der Waals surface area contributed by atoms with E-state index in [4.69, 9.17) is 10.5 Å². The molecule has 1 unspecified atom stereocenters. The first kappa shape index (κ1) is 14.6. The maximum Gasteiger partial charge on any atom is 0.268 e. The van der Waals surface area contributed by atoms with Crippen molar-refractivity contribution in [3.05, 3.63) is 4.88 Å². The standard InChI is InChI=1S/C14H22N4O2S/c1-2-10-8-18(6-7-20-10)13(19)11-12(15)17-14(21-11)16-9-4-3-5-9/h9-10H,2-8,15H2,1H3,(H,16,17). The number of morpholine rings is 1. The van der Waals surface area contributed by atoms with Crippen LogP contribution in [0.15, 0.2) is 0 Å². The first-order chi connectivity index (χ1) is 10.2. The Kier molecular flexibility index (Phi) is 4.30. The van der Waals surface area contributed by atoms with Crippen molar-refractivity contribution >= 4 is 28.2 Å². The number of amides is 1. The summed E-state index contributed by atoms with van der Waals surface area (Å²) in [6.45, 7) is 3.92. The largest absolute Gasteiger partial charge is 0.382 e. The molecule has 0 radical (unpaired) electrons. The molecule has 1 aromatic rings. The van der Waals surface area contributed by atoms with Gasteiger partial charge in [0.05, 0.1) is 12.7 Å². The van der Waals surface area contributed by atoms with E-state index in [1.54, 1.807) is 0 Å². The number of nitrogens with one attached hydrogen (secondary N) is 1. The molecule has 1 atom stereocenters. The molecule has 2 heterocycles. The Bertz CT molecular complexity index is 515. The van der Waals surface area contributed by atoms with Crippen LogP contribution in [0.1, 0.15) is 42.3 Å². The summed E-state index contributed by atoms with van der Waals surface area (Å²) in [4.78, 5) is 19.3. The second-order valence-electron chi connectivity index (χ2n) is 5.66. The summed E-state index contributed by atoms with van der Waals surface area (Å²) in [5, 5.41) is 4.11. The van der Waals surface area contributed by atoms with E-state index in [0.717, 1.165) is 11.6 Å². The molecule has 0 aromatic carbocycles. The lowest BCUT2D eigenvalue weighted by Crippen LogP contribution is -2.45. The van der Waals surface area contributed by atoms with E-state index in [0.29, 0.717) is 36.4 Å². The Morgan fingerprint density at radius 3 is 3.05 bits per heavy atom. The molecule has 0 spiro atoms. The molecular weight excluding hydrogens is 288 g/mol. The number of hydrogen-bond donors (Lipinski definition) is 2. The highest BCUT2D eigenvalue weighted by Gasteiger charge is 2.28. The first-order valence-corrected chi connectivity index (χ1v) is 8.42. The molecule has 0 bridgehead atoms. The van der Waals surface area contributed by atoms with Crippen molar-refractivity contribution in [3.63, 3.8) is 0 Å². The van der Waals surface area contributed by atoms with Gasteiger partial charge in [0.15, 0.2) is 5.13 Å². The minimum Gasteiger partial charge on any atom is -0.382 e. The highest BCUT2D eigenvalue weighted by molar-refractivity contribution is 7.18. The van der Waals surface area contributed by atoms with Crippen LogP contribution in [0.3, 0.4) is 0 Å². The minimum atomic E-state index is -0.0200. The summed E-state index contributed by atoms with van der Waals surface area (Å²) in [5.74, 6) is 0.319. The molecule has 6 nitrogen and oxygen atoms in total. The van der Waals surface area contributed by atoms with Gasteiger partial charge in [0.2, 0.25) is 0 Å². The van der Waals surface area contributed by atoms with Crippen molar-refractivity contribution in [1.82, 2.24) is 9.88 Å². The zero-order valence-corrected chi connectivity index (χ0v) is 13.1. The number of carbonyl (C=O) groups excluding carboxylic acids is 1. The number of ether oxygens (including phenoxy) is 1. The molecule has 7 heteroatoms. The molecule has 1 aliphatic heterocycles. The maximum atomic E-state index is 12.6. The van der Waals surface area contributed by atoms with Crippen LogP contribution in [-0.4, -0.2) is 47.6 Å². The molecule has 2 aliphatic rings. The number of hydrogen-bond acceptors (Lipinski definition) is 6. The fourth-order valence-electron chi connectivity index (χ4n) is 2.57. The normalized spacial score (nSPS) is 22.9. The lowest BCUT2D eigenvalue weighted by atomic mass is 9.93. The minimum absolute atomic E-state index is 0.0200. The Labute approximate surface area is 128 Å².